The van der Waals surface area contributed by atoms with Crippen LogP contribution in [0.25, 0.3) is 22.1 Å². The lowest BCUT2D eigenvalue weighted by molar-refractivity contribution is -0.125. The van der Waals surface area contributed by atoms with Crippen LogP contribution in [0.4, 0.5) is 5.82 Å². The number of anilines is 1. The molecule has 1 amide bonds. The molecular weight excluding hydrogens is 502 g/mol. The van der Waals surface area contributed by atoms with Crippen molar-refractivity contribution < 1.29 is 23.5 Å². The first-order valence-electron chi connectivity index (χ1n) is 12.2. The van der Waals surface area contributed by atoms with Crippen LogP contribution in [0.15, 0.2) is 76.7 Å². The van der Waals surface area contributed by atoms with Crippen molar-refractivity contribution in [3.63, 3.8) is 0 Å². The number of aromatic nitrogens is 1. The van der Waals surface area contributed by atoms with Gasteiger partial charge in [-0.05, 0) is 65.4 Å². The minimum atomic E-state index is -0.0177. The van der Waals surface area contributed by atoms with E-state index in [2.05, 4.69) is 34.7 Å². The first kappa shape index (κ1) is 25.5. The average molecular weight is 532 g/mol. The Morgan fingerprint density at radius 3 is 2.50 bits per heavy atom. The standard InChI is InChI=1S/C29H29N3O5S/c1-5-26(33)32-13-12-20(17-32)18-8-6-9-19(14-18)21-15-24(36-4)27-25(16-21)37-30-29(27)31-38-28-22(34-2)10-7-11-23(28)35-3/h5-11,14-16,20H,1,12-13,17H2,2-4H3,(H,30,31). The molecule has 2 heterocycles. The van der Waals surface area contributed by atoms with Crippen molar-refractivity contribution in [3.05, 3.63) is 72.8 Å². The van der Waals surface area contributed by atoms with E-state index in [4.69, 9.17) is 18.7 Å². The first-order chi connectivity index (χ1) is 18.6. The lowest BCUT2D eigenvalue weighted by atomic mass is 9.94. The number of ether oxygens (including phenoxy) is 3. The van der Waals surface area contributed by atoms with Crippen molar-refractivity contribution in [2.75, 3.05) is 39.1 Å². The van der Waals surface area contributed by atoms with Crippen molar-refractivity contribution in [1.29, 1.82) is 0 Å². The van der Waals surface area contributed by atoms with Crippen LogP contribution < -0.4 is 18.9 Å². The summed E-state index contributed by atoms with van der Waals surface area (Å²) in [5, 5.41) is 5.00. The molecule has 8 nitrogen and oxygen atoms in total. The second-order valence-corrected chi connectivity index (χ2v) is 9.69. The maximum Gasteiger partial charge on any atom is 0.245 e. The minimum absolute atomic E-state index is 0.0177. The Kier molecular flexibility index (Phi) is 7.46. The molecule has 0 bridgehead atoms. The summed E-state index contributed by atoms with van der Waals surface area (Å²) >= 11 is 1.32. The summed E-state index contributed by atoms with van der Waals surface area (Å²) in [7, 11) is 4.87. The van der Waals surface area contributed by atoms with Gasteiger partial charge in [-0.2, -0.15) is 0 Å². The second-order valence-electron chi connectivity index (χ2n) is 8.88. The summed E-state index contributed by atoms with van der Waals surface area (Å²) in [6.07, 6.45) is 2.31. The number of hydrogen-bond donors (Lipinski definition) is 1. The molecule has 0 radical (unpaired) electrons. The third-order valence-corrected chi connectivity index (χ3v) is 7.66. The number of carbonyl (C=O) groups excluding carboxylic acids is 1. The molecule has 4 aromatic rings. The molecule has 1 atom stereocenters. The van der Waals surface area contributed by atoms with Crippen molar-refractivity contribution in [1.82, 2.24) is 10.1 Å². The van der Waals surface area contributed by atoms with Crippen LogP contribution in [0.2, 0.25) is 0 Å². The largest absolute Gasteiger partial charge is 0.496 e. The van der Waals surface area contributed by atoms with Gasteiger partial charge < -0.3 is 28.4 Å². The summed E-state index contributed by atoms with van der Waals surface area (Å²) in [5.41, 5.74) is 3.79. The molecule has 196 valence electrons. The Bertz CT molecular complexity index is 1460. The fourth-order valence-corrected chi connectivity index (χ4v) is 5.63. The first-order valence-corrected chi connectivity index (χ1v) is 13.0. The molecule has 0 saturated carbocycles. The normalized spacial score (nSPS) is 14.9. The molecular formula is C29H29N3O5S. The number of carbonyl (C=O) groups is 1. The highest BCUT2D eigenvalue weighted by Gasteiger charge is 2.26. The van der Waals surface area contributed by atoms with Crippen LogP contribution in [0.5, 0.6) is 17.2 Å². The second kappa shape index (κ2) is 11.1. The van der Waals surface area contributed by atoms with Crippen LogP contribution in [-0.2, 0) is 4.79 Å². The molecule has 1 aliphatic heterocycles. The van der Waals surface area contributed by atoms with E-state index in [9.17, 15) is 4.79 Å². The van der Waals surface area contributed by atoms with E-state index in [1.54, 1.807) is 21.3 Å². The number of fused-ring (bicyclic) bond motifs is 1. The zero-order valence-corrected chi connectivity index (χ0v) is 22.3. The van der Waals surface area contributed by atoms with Gasteiger partial charge in [0, 0.05) is 19.0 Å². The van der Waals surface area contributed by atoms with Gasteiger partial charge in [-0.1, -0.05) is 42.1 Å². The maximum atomic E-state index is 12.0. The highest BCUT2D eigenvalue weighted by molar-refractivity contribution is 8.00. The summed E-state index contributed by atoms with van der Waals surface area (Å²) in [6.45, 7) is 5.05. The van der Waals surface area contributed by atoms with Gasteiger partial charge in [0.15, 0.2) is 11.4 Å². The van der Waals surface area contributed by atoms with Gasteiger partial charge in [-0.15, -0.1) is 0 Å². The molecule has 3 aromatic carbocycles. The molecule has 1 N–H and O–H groups in total. The third kappa shape index (κ3) is 4.89. The Hall–Kier alpha value is -4.11. The van der Waals surface area contributed by atoms with Gasteiger partial charge in [-0.25, -0.2) is 0 Å². The number of amides is 1. The average Bonchev–Trinajstić information content (AvgIpc) is 3.63. The molecule has 0 aliphatic carbocycles. The molecule has 1 saturated heterocycles. The fourth-order valence-electron chi connectivity index (χ4n) is 4.78. The highest BCUT2D eigenvalue weighted by Crippen LogP contribution is 2.42. The monoisotopic (exact) mass is 531 g/mol. The number of likely N-dealkylation sites (tertiary alicyclic amines) is 1. The Morgan fingerprint density at radius 1 is 1.05 bits per heavy atom. The molecule has 1 fully saturated rings. The molecule has 5 rings (SSSR count). The fraction of sp³-hybridized carbons (Fsp3) is 0.241. The topological polar surface area (TPSA) is 86.1 Å². The Labute approximate surface area is 225 Å². The van der Waals surface area contributed by atoms with Gasteiger partial charge >= 0.3 is 0 Å². The van der Waals surface area contributed by atoms with E-state index in [0.717, 1.165) is 34.4 Å². The van der Waals surface area contributed by atoms with Crippen molar-refractivity contribution in [2.45, 2.75) is 17.2 Å². The number of benzene rings is 3. The number of methoxy groups -OCH3 is 3. The molecule has 1 unspecified atom stereocenters. The van der Waals surface area contributed by atoms with Crippen LogP contribution in [0.1, 0.15) is 17.9 Å². The Morgan fingerprint density at radius 2 is 1.79 bits per heavy atom. The van der Waals surface area contributed by atoms with E-state index >= 15 is 0 Å². The van der Waals surface area contributed by atoms with Gasteiger partial charge in [0.05, 0.1) is 21.3 Å². The van der Waals surface area contributed by atoms with E-state index in [1.165, 1.54) is 23.6 Å². The van der Waals surface area contributed by atoms with Gasteiger partial charge in [-0.3, -0.25) is 4.79 Å². The summed E-state index contributed by atoms with van der Waals surface area (Å²) in [6, 6.07) is 18.0. The summed E-state index contributed by atoms with van der Waals surface area (Å²) < 4.78 is 25.7. The smallest absolute Gasteiger partial charge is 0.245 e. The van der Waals surface area contributed by atoms with Gasteiger partial charge in [0.1, 0.15) is 27.5 Å². The highest BCUT2D eigenvalue weighted by atomic mass is 32.2. The molecule has 9 heteroatoms. The number of rotatable bonds is 9. The summed E-state index contributed by atoms with van der Waals surface area (Å²) in [5.74, 6) is 2.81. The minimum Gasteiger partial charge on any atom is -0.496 e. The lowest BCUT2D eigenvalue weighted by Gasteiger charge is -2.15. The predicted octanol–water partition coefficient (Wildman–Crippen LogP) is 6.14. The van der Waals surface area contributed by atoms with E-state index in [1.807, 2.05) is 41.3 Å². The number of hydrogen-bond acceptors (Lipinski definition) is 8. The zero-order valence-electron chi connectivity index (χ0n) is 21.5. The molecule has 1 aromatic heterocycles. The molecule has 38 heavy (non-hydrogen) atoms. The predicted molar refractivity (Wildman–Crippen MR) is 149 cm³/mol. The lowest BCUT2D eigenvalue weighted by Crippen LogP contribution is -2.26. The molecule has 1 aliphatic rings. The van der Waals surface area contributed by atoms with E-state index in [-0.39, 0.29) is 11.8 Å². The SMILES string of the molecule is C=CC(=O)N1CCC(c2cccc(-c3cc(OC)c4c(NSc5c(OC)cccc5OC)noc4c3)c2)C1. The number of nitrogens with zero attached hydrogens (tertiary/aromatic N) is 2. The van der Waals surface area contributed by atoms with Crippen LogP contribution in [-0.4, -0.2) is 50.4 Å². The van der Waals surface area contributed by atoms with Crippen LogP contribution >= 0.6 is 11.9 Å². The van der Waals surface area contributed by atoms with Crippen LogP contribution in [0.3, 0.4) is 0 Å². The van der Waals surface area contributed by atoms with E-state index in [0.29, 0.717) is 35.2 Å². The van der Waals surface area contributed by atoms with Gasteiger partial charge in [0.25, 0.3) is 0 Å². The number of nitrogens with one attached hydrogen (secondary N) is 1. The molecule has 0 spiro atoms. The summed E-state index contributed by atoms with van der Waals surface area (Å²) in [4.78, 5) is 14.7. The van der Waals surface area contributed by atoms with Gasteiger partial charge in [0.2, 0.25) is 5.91 Å². The van der Waals surface area contributed by atoms with Crippen molar-refractivity contribution in [2.24, 2.45) is 0 Å². The Balaban J connectivity index is 1.42. The maximum absolute atomic E-state index is 12.0. The third-order valence-electron chi connectivity index (χ3n) is 6.76. The van der Waals surface area contributed by atoms with Crippen molar-refractivity contribution in [3.8, 4) is 28.4 Å². The van der Waals surface area contributed by atoms with Crippen LogP contribution in [0, 0.1) is 0 Å². The quantitative estimate of drug-likeness (QED) is 0.204. The zero-order chi connectivity index (χ0) is 26.6. The van der Waals surface area contributed by atoms with Crippen molar-refractivity contribution >= 4 is 34.6 Å². The van der Waals surface area contributed by atoms with E-state index < -0.39 is 0 Å².